The van der Waals surface area contributed by atoms with Gasteiger partial charge in [0.25, 0.3) is 0 Å². The van der Waals surface area contributed by atoms with Crippen LogP contribution in [0.5, 0.6) is 0 Å². The maximum atomic E-state index is 11.7. The number of hydrogen-bond acceptors (Lipinski definition) is 5. The molecular formula is C15H32N2O4. The van der Waals surface area contributed by atoms with Crippen molar-refractivity contribution in [3.05, 3.63) is 0 Å². The smallest absolute Gasteiger partial charge is 0.223 e. The zero-order valence-corrected chi connectivity index (χ0v) is 13.9. The summed E-state index contributed by atoms with van der Waals surface area (Å²) in [5.41, 5.74) is 0. The van der Waals surface area contributed by atoms with Crippen LogP contribution in [0, 0.1) is 0 Å². The summed E-state index contributed by atoms with van der Waals surface area (Å²) in [6.45, 7) is 11.7. The van der Waals surface area contributed by atoms with Crippen molar-refractivity contribution in [2.75, 3.05) is 46.0 Å². The Labute approximate surface area is 128 Å². The Morgan fingerprint density at radius 2 is 1.90 bits per heavy atom. The SMILES string of the molecule is CCN(CC)C(=O)CCNCC(O)COCCOC(C)C. The highest BCUT2D eigenvalue weighted by atomic mass is 16.5. The van der Waals surface area contributed by atoms with Crippen molar-refractivity contribution in [3.63, 3.8) is 0 Å². The Morgan fingerprint density at radius 1 is 1.24 bits per heavy atom. The minimum atomic E-state index is -0.562. The van der Waals surface area contributed by atoms with Gasteiger partial charge in [-0.25, -0.2) is 0 Å². The molecule has 0 aliphatic heterocycles. The van der Waals surface area contributed by atoms with Gasteiger partial charge in [0.2, 0.25) is 5.91 Å². The molecule has 21 heavy (non-hydrogen) atoms. The largest absolute Gasteiger partial charge is 0.389 e. The molecule has 1 unspecified atom stereocenters. The molecule has 0 spiro atoms. The first-order chi connectivity index (χ1) is 10.0. The molecule has 126 valence electrons. The lowest BCUT2D eigenvalue weighted by Gasteiger charge is -2.19. The molecule has 0 aromatic rings. The standard InChI is InChI=1S/C15H32N2O4/c1-5-17(6-2)15(19)7-8-16-11-14(18)12-20-9-10-21-13(3)4/h13-14,16,18H,5-12H2,1-4H3. The summed E-state index contributed by atoms with van der Waals surface area (Å²) in [5.74, 6) is 0.143. The lowest BCUT2D eigenvalue weighted by atomic mass is 10.3. The number of aliphatic hydroxyl groups is 1. The topological polar surface area (TPSA) is 71.0 Å². The van der Waals surface area contributed by atoms with Crippen LogP contribution in [0.3, 0.4) is 0 Å². The van der Waals surface area contributed by atoms with Gasteiger partial charge >= 0.3 is 0 Å². The van der Waals surface area contributed by atoms with Crippen molar-refractivity contribution in [1.82, 2.24) is 10.2 Å². The van der Waals surface area contributed by atoms with E-state index in [9.17, 15) is 9.90 Å². The van der Waals surface area contributed by atoms with E-state index < -0.39 is 6.10 Å². The summed E-state index contributed by atoms with van der Waals surface area (Å²) in [7, 11) is 0. The average Bonchev–Trinajstić information content (AvgIpc) is 2.44. The van der Waals surface area contributed by atoms with E-state index in [1.807, 2.05) is 27.7 Å². The minimum absolute atomic E-state index is 0.143. The first-order valence-electron chi connectivity index (χ1n) is 7.87. The fourth-order valence-electron chi connectivity index (χ4n) is 1.82. The summed E-state index contributed by atoms with van der Waals surface area (Å²) in [6.07, 6.45) is 0.0912. The molecule has 0 aromatic heterocycles. The van der Waals surface area contributed by atoms with Gasteiger partial charge in [0, 0.05) is 32.6 Å². The van der Waals surface area contributed by atoms with Crippen molar-refractivity contribution < 1.29 is 19.4 Å². The molecular weight excluding hydrogens is 272 g/mol. The maximum absolute atomic E-state index is 11.7. The number of aliphatic hydroxyl groups excluding tert-OH is 1. The van der Waals surface area contributed by atoms with Crippen LogP contribution in [-0.2, 0) is 14.3 Å². The second kappa shape index (κ2) is 13.0. The quantitative estimate of drug-likeness (QED) is 0.489. The molecule has 0 radical (unpaired) electrons. The molecule has 0 aromatic carbocycles. The number of hydrogen-bond donors (Lipinski definition) is 2. The summed E-state index contributed by atoms with van der Waals surface area (Å²) >= 11 is 0. The van der Waals surface area contributed by atoms with E-state index in [2.05, 4.69) is 5.32 Å². The second-order valence-corrected chi connectivity index (χ2v) is 5.17. The molecule has 0 rings (SSSR count). The number of rotatable bonds is 13. The Morgan fingerprint density at radius 3 is 2.48 bits per heavy atom. The van der Waals surface area contributed by atoms with E-state index in [1.165, 1.54) is 0 Å². The molecule has 0 aliphatic carbocycles. The molecule has 1 atom stereocenters. The van der Waals surface area contributed by atoms with Crippen LogP contribution >= 0.6 is 0 Å². The van der Waals surface area contributed by atoms with E-state index in [0.29, 0.717) is 32.7 Å². The molecule has 0 aliphatic rings. The van der Waals surface area contributed by atoms with Gasteiger partial charge in [0.05, 0.1) is 32.0 Å². The van der Waals surface area contributed by atoms with Crippen molar-refractivity contribution in [2.24, 2.45) is 0 Å². The summed E-state index contributed by atoms with van der Waals surface area (Å²) in [4.78, 5) is 13.5. The first kappa shape index (κ1) is 20.3. The molecule has 0 saturated carbocycles. The Bertz CT molecular complexity index is 258. The van der Waals surface area contributed by atoms with Crippen LogP contribution in [0.25, 0.3) is 0 Å². The molecule has 6 nitrogen and oxygen atoms in total. The fourth-order valence-corrected chi connectivity index (χ4v) is 1.82. The highest BCUT2D eigenvalue weighted by Crippen LogP contribution is 1.93. The van der Waals surface area contributed by atoms with E-state index in [-0.39, 0.29) is 18.6 Å². The fraction of sp³-hybridized carbons (Fsp3) is 0.933. The van der Waals surface area contributed by atoms with Crippen molar-refractivity contribution in [3.8, 4) is 0 Å². The predicted octanol–water partition coefficient (Wildman–Crippen LogP) is 0.637. The second-order valence-electron chi connectivity index (χ2n) is 5.17. The Kier molecular flexibility index (Phi) is 12.6. The molecule has 6 heteroatoms. The minimum Gasteiger partial charge on any atom is -0.389 e. The molecule has 2 N–H and O–H groups in total. The summed E-state index contributed by atoms with van der Waals surface area (Å²) < 4.78 is 10.6. The predicted molar refractivity (Wildman–Crippen MR) is 83.3 cm³/mol. The molecule has 0 heterocycles. The van der Waals surface area contributed by atoms with Gasteiger partial charge in [0.1, 0.15) is 0 Å². The first-order valence-corrected chi connectivity index (χ1v) is 7.87. The van der Waals surface area contributed by atoms with Gasteiger partial charge in [0.15, 0.2) is 0 Å². The van der Waals surface area contributed by atoms with Gasteiger partial charge in [-0.15, -0.1) is 0 Å². The number of nitrogens with one attached hydrogen (secondary N) is 1. The van der Waals surface area contributed by atoms with E-state index in [0.717, 1.165) is 13.1 Å². The number of carbonyl (C=O) groups excluding carboxylic acids is 1. The number of carbonyl (C=O) groups is 1. The van der Waals surface area contributed by atoms with Crippen molar-refractivity contribution >= 4 is 5.91 Å². The van der Waals surface area contributed by atoms with Gasteiger partial charge in [-0.2, -0.15) is 0 Å². The normalized spacial score (nSPS) is 12.7. The van der Waals surface area contributed by atoms with E-state index >= 15 is 0 Å². The van der Waals surface area contributed by atoms with Crippen LogP contribution in [0.4, 0.5) is 0 Å². The molecule has 1 amide bonds. The van der Waals surface area contributed by atoms with Crippen LogP contribution in [0.15, 0.2) is 0 Å². The molecule has 0 fully saturated rings. The van der Waals surface area contributed by atoms with E-state index in [4.69, 9.17) is 9.47 Å². The molecule has 0 bridgehead atoms. The third-order valence-electron chi connectivity index (χ3n) is 3.00. The molecule has 0 saturated heterocycles. The van der Waals surface area contributed by atoms with Crippen LogP contribution in [0.1, 0.15) is 34.1 Å². The zero-order valence-electron chi connectivity index (χ0n) is 13.9. The third-order valence-corrected chi connectivity index (χ3v) is 3.00. The van der Waals surface area contributed by atoms with Gasteiger partial charge in [-0.05, 0) is 27.7 Å². The Hall–Kier alpha value is -0.690. The lowest BCUT2D eigenvalue weighted by Crippen LogP contribution is -2.35. The number of nitrogens with zero attached hydrogens (tertiary/aromatic N) is 1. The van der Waals surface area contributed by atoms with Crippen LogP contribution in [-0.4, -0.2) is 74.1 Å². The van der Waals surface area contributed by atoms with Gasteiger partial charge in [-0.3, -0.25) is 4.79 Å². The van der Waals surface area contributed by atoms with Gasteiger partial charge in [-0.1, -0.05) is 0 Å². The summed E-state index contributed by atoms with van der Waals surface area (Å²) in [6, 6.07) is 0. The highest BCUT2D eigenvalue weighted by Gasteiger charge is 2.09. The van der Waals surface area contributed by atoms with Gasteiger partial charge < -0.3 is 24.8 Å². The van der Waals surface area contributed by atoms with E-state index in [1.54, 1.807) is 4.90 Å². The van der Waals surface area contributed by atoms with Crippen LogP contribution in [0.2, 0.25) is 0 Å². The monoisotopic (exact) mass is 304 g/mol. The average molecular weight is 304 g/mol. The maximum Gasteiger partial charge on any atom is 0.223 e. The zero-order chi connectivity index (χ0) is 16.1. The third kappa shape index (κ3) is 11.6. The van der Waals surface area contributed by atoms with Crippen molar-refractivity contribution in [2.45, 2.75) is 46.3 Å². The van der Waals surface area contributed by atoms with Crippen molar-refractivity contribution in [1.29, 1.82) is 0 Å². The number of ether oxygens (including phenoxy) is 2. The Balaban J connectivity index is 3.49. The highest BCUT2D eigenvalue weighted by molar-refractivity contribution is 5.76. The summed E-state index contributed by atoms with van der Waals surface area (Å²) in [5, 5.41) is 12.8. The van der Waals surface area contributed by atoms with Crippen LogP contribution < -0.4 is 5.32 Å². The number of amides is 1. The lowest BCUT2D eigenvalue weighted by molar-refractivity contribution is -0.130.